The molecule has 0 heterocycles. The van der Waals surface area contributed by atoms with Crippen LogP contribution in [0.3, 0.4) is 0 Å². The average Bonchev–Trinajstić information content (AvgIpc) is 2.96. The van der Waals surface area contributed by atoms with Gasteiger partial charge in [0.25, 0.3) is 0 Å². The second-order valence-electron chi connectivity index (χ2n) is 9.65. The van der Waals surface area contributed by atoms with E-state index in [2.05, 4.69) is 18.7 Å². The minimum Gasteiger partial charge on any atom is -0.508 e. The summed E-state index contributed by atoms with van der Waals surface area (Å²) in [6, 6.07) is 18.4. The molecule has 0 saturated carbocycles. The lowest BCUT2D eigenvalue weighted by Gasteiger charge is -2.25. The predicted octanol–water partition coefficient (Wildman–Crippen LogP) is 5.82. The van der Waals surface area contributed by atoms with Crippen molar-refractivity contribution in [2.45, 2.75) is 46.1 Å². The van der Waals surface area contributed by atoms with E-state index in [1.807, 2.05) is 47.4 Å². The van der Waals surface area contributed by atoms with Gasteiger partial charge in [0.15, 0.2) is 11.6 Å². The van der Waals surface area contributed by atoms with Gasteiger partial charge in [0.2, 0.25) is 0 Å². The van der Waals surface area contributed by atoms with Gasteiger partial charge in [-0.25, -0.2) is 4.39 Å². The smallest absolute Gasteiger partial charge is 0.165 e. The summed E-state index contributed by atoms with van der Waals surface area (Å²) in [5.74, 6) is 1.05. The van der Waals surface area contributed by atoms with E-state index in [1.54, 1.807) is 19.2 Å². The van der Waals surface area contributed by atoms with Gasteiger partial charge in [-0.2, -0.15) is 0 Å². The predicted molar refractivity (Wildman–Crippen MR) is 156 cm³/mol. The number of anilines is 1. The fourth-order valence-corrected chi connectivity index (χ4v) is 4.75. The third-order valence-corrected chi connectivity index (χ3v) is 7.05. The number of hydrogen-bond acceptors (Lipinski definition) is 6. The van der Waals surface area contributed by atoms with Crippen LogP contribution in [0.25, 0.3) is 0 Å². The van der Waals surface area contributed by atoms with E-state index in [0.717, 1.165) is 43.1 Å². The molecule has 2 N–H and O–H groups in total. The number of nitrogens with zero attached hydrogens (tertiary/aromatic N) is 2. The molecule has 0 aliphatic heterocycles. The topological polar surface area (TPSA) is 65.4 Å². The van der Waals surface area contributed by atoms with Crippen LogP contribution in [-0.2, 0) is 19.4 Å². The summed E-state index contributed by atoms with van der Waals surface area (Å²) in [5.41, 5.74) is 4.49. The Bertz CT molecular complexity index is 1150. The van der Waals surface area contributed by atoms with E-state index in [4.69, 9.17) is 9.47 Å². The number of benzene rings is 3. The van der Waals surface area contributed by atoms with E-state index < -0.39 is 0 Å². The lowest BCUT2D eigenvalue weighted by Crippen LogP contribution is -2.28. The summed E-state index contributed by atoms with van der Waals surface area (Å²) in [6.45, 7) is 8.25. The number of aliphatic hydroxyl groups is 1. The molecule has 0 unspecified atom stereocenters. The van der Waals surface area contributed by atoms with Crippen molar-refractivity contribution in [1.29, 1.82) is 0 Å². The summed E-state index contributed by atoms with van der Waals surface area (Å²) in [4.78, 5) is 4.21. The Morgan fingerprint density at radius 1 is 0.897 bits per heavy atom. The maximum atomic E-state index is 14.5. The molecular formula is C32H43FN2O4. The normalized spacial score (nSPS) is 12.4. The number of fused-ring (bicyclic) bond motifs is 1. The zero-order valence-corrected chi connectivity index (χ0v) is 23.5. The molecule has 1 aliphatic rings. The molecule has 6 nitrogen and oxygen atoms in total. The Morgan fingerprint density at radius 2 is 1.67 bits per heavy atom. The van der Waals surface area contributed by atoms with Gasteiger partial charge in [0.1, 0.15) is 18.1 Å². The van der Waals surface area contributed by atoms with Crippen molar-refractivity contribution in [3.05, 3.63) is 83.2 Å². The largest absolute Gasteiger partial charge is 0.508 e. The number of phenols is 1. The van der Waals surface area contributed by atoms with Crippen molar-refractivity contribution in [3.63, 3.8) is 0 Å². The zero-order chi connectivity index (χ0) is 28.0. The molecule has 0 saturated heterocycles. The first-order valence-electron chi connectivity index (χ1n) is 13.9. The second-order valence-corrected chi connectivity index (χ2v) is 9.65. The van der Waals surface area contributed by atoms with Crippen molar-refractivity contribution in [1.82, 2.24) is 4.90 Å². The fraction of sp³-hybridized carbons (Fsp3) is 0.438. The number of halogens is 1. The highest BCUT2D eigenvalue weighted by Gasteiger charge is 2.12. The highest BCUT2D eigenvalue weighted by Crippen LogP contribution is 2.25. The molecule has 0 bridgehead atoms. The number of methoxy groups -OCH3 is 1. The van der Waals surface area contributed by atoms with Crippen molar-refractivity contribution in [2.24, 2.45) is 0 Å². The van der Waals surface area contributed by atoms with E-state index >= 15 is 0 Å². The summed E-state index contributed by atoms with van der Waals surface area (Å²) < 4.78 is 25.3. The van der Waals surface area contributed by atoms with Crippen LogP contribution in [0.1, 0.15) is 43.4 Å². The SMILES string of the molecule is CCN(CC)CCOc1ccc(CN(CCO)c2cccc(OC)c2)cc1F.Oc1ccc2c(c1)CCCC2. The van der Waals surface area contributed by atoms with Gasteiger partial charge in [-0.05, 0) is 91.9 Å². The van der Waals surface area contributed by atoms with Crippen LogP contribution in [-0.4, -0.2) is 61.6 Å². The van der Waals surface area contributed by atoms with E-state index in [9.17, 15) is 14.6 Å². The lowest BCUT2D eigenvalue weighted by atomic mass is 9.92. The third kappa shape index (κ3) is 9.44. The molecule has 0 atom stereocenters. The molecule has 0 radical (unpaired) electrons. The molecule has 0 amide bonds. The van der Waals surface area contributed by atoms with Crippen LogP contribution in [0.5, 0.6) is 17.2 Å². The van der Waals surface area contributed by atoms with Crippen LogP contribution in [0.4, 0.5) is 10.1 Å². The molecule has 212 valence electrons. The molecule has 0 fully saturated rings. The van der Waals surface area contributed by atoms with Crippen molar-refractivity contribution < 1.29 is 24.1 Å². The zero-order valence-electron chi connectivity index (χ0n) is 23.5. The van der Waals surface area contributed by atoms with Crippen LogP contribution < -0.4 is 14.4 Å². The summed E-state index contributed by atoms with van der Waals surface area (Å²) in [5, 5.41) is 18.6. The maximum absolute atomic E-state index is 14.5. The molecule has 3 aromatic carbocycles. The van der Waals surface area contributed by atoms with Gasteiger partial charge in [-0.15, -0.1) is 0 Å². The van der Waals surface area contributed by atoms with E-state index in [1.165, 1.54) is 36.5 Å². The van der Waals surface area contributed by atoms with Crippen molar-refractivity contribution in [3.8, 4) is 17.2 Å². The summed E-state index contributed by atoms with van der Waals surface area (Å²) >= 11 is 0. The van der Waals surface area contributed by atoms with Crippen LogP contribution >= 0.6 is 0 Å². The van der Waals surface area contributed by atoms with Gasteiger partial charge >= 0.3 is 0 Å². The molecule has 1 aliphatic carbocycles. The first-order valence-corrected chi connectivity index (χ1v) is 13.9. The fourth-order valence-electron chi connectivity index (χ4n) is 4.75. The number of likely N-dealkylation sites (N-methyl/N-ethyl adjacent to an activating group) is 1. The number of aliphatic hydroxyl groups excluding tert-OH is 1. The lowest BCUT2D eigenvalue weighted by molar-refractivity contribution is 0.217. The highest BCUT2D eigenvalue weighted by atomic mass is 19.1. The summed E-state index contributed by atoms with van der Waals surface area (Å²) in [7, 11) is 1.61. The van der Waals surface area contributed by atoms with E-state index in [-0.39, 0.29) is 18.2 Å². The minimum atomic E-state index is -0.369. The standard InChI is InChI=1S/C22H31FN2O3.C10H12O/c1-4-24(5-2)12-14-28-22-10-9-18(15-21(22)23)17-25(11-13-26)19-7-6-8-20(16-19)27-3;11-10-6-5-8-3-1-2-4-9(8)7-10/h6-10,15-16,26H,4-5,11-14,17H2,1-3H3;5-7,11H,1-4H2. The molecule has 39 heavy (non-hydrogen) atoms. The Hall–Kier alpha value is -3.29. The first-order chi connectivity index (χ1) is 19.0. The van der Waals surface area contributed by atoms with Crippen LogP contribution in [0.15, 0.2) is 60.7 Å². The monoisotopic (exact) mass is 538 g/mol. The number of rotatable bonds is 12. The van der Waals surface area contributed by atoms with Crippen LogP contribution in [0.2, 0.25) is 0 Å². The third-order valence-electron chi connectivity index (χ3n) is 7.05. The van der Waals surface area contributed by atoms with Gasteiger partial charge in [-0.1, -0.05) is 32.0 Å². The maximum Gasteiger partial charge on any atom is 0.165 e. The van der Waals surface area contributed by atoms with Crippen molar-refractivity contribution in [2.75, 3.05) is 51.4 Å². The Balaban J connectivity index is 0.000000314. The molecule has 0 aromatic heterocycles. The second kappa shape index (κ2) is 16.0. The Morgan fingerprint density at radius 3 is 2.36 bits per heavy atom. The molecule has 7 heteroatoms. The minimum absolute atomic E-state index is 0.00619. The molecule has 3 aromatic rings. The molecular weight excluding hydrogens is 495 g/mol. The number of phenolic OH excluding ortho intramolecular Hbond substituents is 1. The van der Waals surface area contributed by atoms with Gasteiger partial charge in [0, 0.05) is 31.4 Å². The number of aromatic hydroxyl groups is 1. The quantitative estimate of drug-likeness (QED) is 0.303. The summed E-state index contributed by atoms with van der Waals surface area (Å²) in [6.07, 6.45) is 4.91. The van der Waals surface area contributed by atoms with Gasteiger partial charge in [0.05, 0.1) is 13.7 Å². The number of ether oxygens (including phenoxy) is 2. The molecule has 0 spiro atoms. The van der Waals surface area contributed by atoms with Crippen molar-refractivity contribution >= 4 is 5.69 Å². The highest BCUT2D eigenvalue weighted by molar-refractivity contribution is 5.51. The van der Waals surface area contributed by atoms with Gasteiger partial charge in [-0.3, -0.25) is 0 Å². The Labute approximate surface area is 232 Å². The Kier molecular flexibility index (Phi) is 12.4. The first kappa shape index (κ1) is 30.3. The number of aryl methyl sites for hydroxylation is 2. The number of hydrogen-bond donors (Lipinski definition) is 2. The molecule has 4 rings (SSSR count). The van der Waals surface area contributed by atoms with E-state index in [0.29, 0.717) is 25.4 Å². The van der Waals surface area contributed by atoms with Crippen LogP contribution in [0, 0.1) is 5.82 Å². The van der Waals surface area contributed by atoms with Gasteiger partial charge < -0.3 is 29.5 Å². The average molecular weight is 539 g/mol.